The van der Waals surface area contributed by atoms with E-state index in [1.807, 2.05) is 41.1 Å². The van der Waals surface area contributed by atoms with E-state index in [4.69, 9.17) is 5.73 Å². The Morgan fingerprint density at radius 1 is 1.14 bits per heavy atom. The summed E-state index contributed by atoms with van der Waals surface area (Å²) in [7, 11) is 0. The Bertz CT molecular complexity index is 1030. The average molecular weight is 293 g/mol. The third-order valence-electron chi connectivity index (χ3n) is 4.04. The zero-order chi connectivity index (χ0) is 15.4. The highest BCUT2D eigenvalue weighted by atomic mass is 16.3. The van der Waals surface area contributed by atoms with Crippen molar-refractivity contribution in [3.8, 4) is 11.4 Å². The molecule has 3 heterocycles. The van der Waals surface area contributed by atoms with Crippen molar-refractivity contribution in [2.45, 2.75) is 13.8 Å². The number of benzene rings is 1. The van der Waals surface area contributed by atoms with Crippen LogP contribution in [0.2, 0.25) is 0 Å². The monoisotopic (exact) mass is 293 g/mol. The van der Waals surface area contributed by atoms with Crippen LogP contribution in [0.5, 0.6) is 5.75 Å². The van der Waals surface area contributed by atoms with E-state index in [0.717, 1.165) is 33.5 Å². The van der Waals surface area contributed by atoms with Gasteiger partial charge in [0.1, 0.15) is 23.5 Å². The van der Waals surface area contributed by atoms with Crippen LogP contribution in [0.1, 0.15) is 11.1 Å². The van der Waals surface area contributed by atoms with E-state index in [1.54, 1.807) is 18.6 Å². The Balaban J connectivity index is 2.16. The van der Waals surface area contributed by atoms with Gasteiger partial charge in [-0.2, -0.15) is 0 Å². The highest BCUT2D eigenvalue weighted by Crippen LogP contribution is 2.33. The minimum atomic E-state index is 0.240. The molecule has 1 aromatic carbocycles. The van der Waals surface area contributed by atoms with Gasteiger partial charge in [-0.1, -0.05) is 6.07 Å². The molecule has 0 unspecified atom stereocenters. The SMILES string of the molecule is Cc1ccc(O)c(C)c1-n1c(N)cc2c1ncn1ccnc21. The van der Waals surface area contributed by atoms with E-state index in [-0.39, 0.29) is 5.75 Å². The van der Waals surface area contributed by atoms with Gasteiger partial charge >= 0.3 is 0 Å². The first-order chi connectivity index (χ1) is 10.6. The molecule has 0 aliphatic heterocycles. The molecule has 6 nitrogen and oxygen atoms in total. The molecule has 4 aromatic rings. The van der Waals surface area contributed by atoms with E-state index < -0.39 is 0 Å². The van der Waals surface area contributed by atoms with Crippen LogP contribution in [0.25, 0.3) is 22.4 Å². The lowest BCUT2D eigenvalue weighted by atomic mass is 10.1. The van der Waals surface area contributed by atoms with Crippen LogP contribution in [-0.4, -0.2) is 24.0 Å². The highest BCUT2D eigenvalue weighted by Gasteiger charge is 2.17. The van der Waals surface area contributed by atoms with Crippen molar-refractivity contribution in [3.63, 3.8) is 0 Å². The summed E-state index contributed by atoms with van der Waals surface area (Å²) < 4.78 is 3.72. The van der Waals surface area contributed by atoms with Gasteiger partial charge in [0.15, 0.2) is 5.65 Å². The molecule has 0 saturated heterocycles. The summed E-state index contributed by atoms with van der Waals surface area (Å²) in [6, 6.07) is 5.43. The fourth-order valence-corrected chi connectivity index (χ4v) is 2.95. The van der Waals surface area contributed by atoms with Crippen LogP contribution in [0.4, 0.5) is 5.82 Å². The van der Waals surface area contributed by atoms with Gasteiger partial charge in [0, 0.05) is 18.0 Å². The molecular weight excluding hydrogens is 278 g/mol. The van der Waals surface area contributed by atoms with Crippen LogP contribution >= 0.6 is 0 Å². The first-order valence-corrected chi connectivity index (χ1v) is 6.96. The number of nitrogen functional groups attached to an aromatic ring is 1. The Kier molecular flexibility index (Phi) is 2.45. The van der Waals surface area contributed by atoms with Gasteiger partial charge in [0.2, 0.25) is 0 Å². The third-order valence-corrected chi connectivity index (χ3v) is 4.04. The van der Waals surface area contributed by atoms with Gasteiger partial charge in [0.05, 0.1) is 11.1 Å². The molecule has 0 fully saturated rings. The van der Waals surface area contributed by atoms with E-state index in [2.05, 4.69) is 9.97 Å². The number of aryl methyl sites for hydroxylation is 1. The number of fused-ring (bicyclic) bond motifs is 3. The second kappa shape index (κ2) is 4.24. The standard InChI is InChI=1S/C16H15N5O/c1-9-3-4-12(22)10(2)14(9)21-13(17)7-11-15-18-5-6-20(15)8-19-16(11)21/h3-8,22H,17H2,1-2H3. The molecule has 0 aliphatic rings. The van der Waals surface area contributed by atoms with Gasteiger partial charge in [0.25, 0.3) is 0 Å². The number of phenolic OH excluding ortho intramolecular Hbond substituents is 1. The number of imidazole rings is 1. The van der Waals surface area contributed by atoms with Crippen LogP contribution in [-0.2, 0) is 0 Å². The fourth-order valence-electron chi connectivity index (χ4n) is 2.95. The molecule has 0 amide bonds. The molecule has 0 radical (unpaired) electrons. The Morgan fingerprint density at radius 2 is 1.95 bits per heavy atom. The second-order valence-corrected chi connectivity index (χ2v) is 5.42. The minimum absolute atomic E-state index is 0.240. The predicted molar refractivity (Wildman–Crippen MR) is 85.4 cm³/mol. The number of nitrogens with two attached hydrogens (primary N) is 1. The maximum atomic E-state index is 10.0. The molecule has 3 N–H and O–H groups in total. The minimum Gasteiger partial charge on any atom is -0.508 e. The van der Waals surface area contributed by atoms with Gasteiger partial charge < -0.3 is 10.8 Å². The normalized spacial score (nSPS) is 11.5. The zero-order valence-electron chi connectivity index (χ0n) is 12.3. The van der Waals surface area contributed by atoms with Gasteiger partial charge in [-0.05, 0) is 31.5 Å². The van der Waals surface area contributed by atoms with Crippen molar-refractivity contribution >= 4 is 22.5 Å². The Morgan fingerprint density at radius 3 is 2.77 bits per heavy atom. The Hall–Kier alpha value is -3.02. The van der Waals surface area contributed by atoms with Crippen LogP contribution in [0.15, 0.2) is 36.9 Å². The van der Waals surface area contributed by atoms with Crippen molar-refractivity contribution in [3.05, 3.63) is 48.0 Å². The van der Waals surface area contributed by atoms with Crippen molar-refractivity contribution in [2.75, 3.05) is 5.73 Å². The predicted octanol–water partition coefficient (Wildman–Crippen LogP) is 2.58. The molecule has 3 aromatic heterocycles. The average Bonchev–Trinajstić information content (AvgIpc) is 3.08. The summed E-state index contributed by atoms with van der Waals surface area (Å²) in [4.78, 5) is 8.88. The van der Waals surface area contributed by atoms with Crippen molar-refractivity contribution in [1.29, 1.82) is 0 Å². The number of anilines is 1. The van der Waals surface area contributed by atoms with Crippen LogP contribution in [0.3, 0.4) is 0 Å². The first-order valence-electron chi connectivity index (χ1n) is 6.96. The van der Waals surface area contributed by atoms with Crippen molar-refractivity contribution in [1.82, 2.24) is 18.9 Å². The van der Waals surface area contributed by atoms with Gasteiger partial charge in [-0.3, -0.25) is 8.97 Å². The van der Waals surface area contributed by atoms with Gasteiger partial charge in [-0.15, -0.1) is 0 Å². The van der Waals surface area contributed by atoms with E-state index in [0.29, 0.717) is 5.82 Å². The maximum absolute atomic E-state index is 10.0. The smallest absolute Gasteiger partial charge is 0.151 e. The molecule has 0 atom stereocenters. The lowest BCUT2D eigenvalue weighted by molar-refractivity contribution is 0.470. The molecule has 6 heteroatoms. The van der Waals surface area contributed by atoms with Gasteiger partial charge in [-0.25, -0.2) is 9.97 Å². The number of aromatic hydroxyl groups is 1. The number of nitrogens with zero attached hydrogens (tertiary/aromatic N) is 4. The zero-order valence-corrected chi connectivity index (χ0v) is 12.3. The maximum Gasteiger partial charge on any atom is 0.151 e. The first kappa shape index (κ1) is 12.7. The third kappa shape index (κ3) is 1.54. The number of aromatic nitrogens is 4. The number of hydrogen-bond acceptors (Lipinski definition) is 4. The molecule has 22 heavy (non-hydrogen) atoms. The molecule has 0 aliphatic carbocycles. The van der Waals surface area contributed by atoms with E-state index in [1.165, 1.54) is 0 Å². The summed E-state index contributed by atoms with van der Waals surface area (Å²) >= 11 is 0. The summed E-state index contributed by atoms with van der Waals surface area (Å²) in [5.74, 6) is 0.805. The molecule has 0 saturated carbocycles. The molecule has 110 valence electrons. The van der Waals surface area contributed by atoms with Crippen molar-refractivity contribution in [2.24, 2.45) is 0 Å². The summed E-state index contributed by atoms with van der Waals surface area (Å²) in [5, 5.41) is 10.9. The molecular formula is C16H15N5O. The lowest BCUT2D eigenvalue weighted by Gasteiger charge is -2.15. The molecule has 0 spiro atoms. The lowest BCUT2D eigenvalue weighted by Crippen LogP contribution is -2.05. The van der Waals surface area contributed by atoms with Crippen LogP contribution < -0.4 is 5.73 Å². The summed E-state index contributed by atoms with van der Waals surface area (Å²) in [5.41, 5.74) is 10.4. The topological polar surface area (TPSA) is 81.4 Å². The van der Waals surface area contributed by atoms with E-state index >= 15 is 0 Å². The number of phenols is 1. The molecule has 0 bridgehead atoms. The highest BCUT2D eigenvalue weighted by molar-refractivity contribution is 5.94. The number of rotatable bonds is 1. The molecule has 4 rings (SSSR count). The quantitative estimate of drug-likeness (QED) is 0.565. The fraction of sp³-hybridized carbons (Fsp3) is 0.125. The Labute approximate surface area is 126 Å². The summed E-state index contributed by atoms with van der Waals surface area (Å²) in [6.45, 7) is 3.86. The van der Waals surface area contributed by atoms with Crippen molar-refractivity contribution < 1.29 is 5.11 Å². The largest absolute Gasteiger partial charge is 0.508 e. The van der Waals surface area contributed by atoms with E-state index in [9.17, 15) is 5.11 Å². The second-order valence-electron chi connectivity index (χ2n) is 5.42. The number of hydrogen-bond donors (Lipinski definition) is 2. The summed E-state index contributed by atoms with van der Waals surface area (Å²) in [6.07, 6.45) is 5.29. The van der Waals surface area contributed by atoms with Crippen LogP contribution in [0, 0.1) is 13.8 Å².